The molecule has 1 fully saturated rings. The first-order valence-electron chi connectivity index (χ1n) is 28.1. The third-order valence-electron chi connectivity index (χ3n) is 15.4. The van der Waals surface area contributed by atoms with Crippen molar-refractivity contribution in [2.75, 3.05) is 72.6 Å². The average molecular weight is 1130 g/mol. The van der Waals surface area contributed by atoms with Crippen molar-refractivity contribution in [2.45, 2.75) is 111 Å². The Morgan fingerprint density at radius 3 is 2.26 bits per heavy atom. The minimum Gasteiger partial charge on any atom is -0.491 e. The molecule has 5 aliphatic rings. The van der Waals surface area contributed by atoms with Gasteiger partial charge in [0, 0.05) is 104 Å². The molecule has 4 aromatic rings. The lowest BCUT2D eigenvalue weighted by atomic mass is 9.97. The predicted octanol–water partition coefficient (Wildman–Crippen LogP) is 7.24. The number of benzene rings is 3. The van der Waals surface area contributed by atoms with Crippen LogP contribution in [0.25, 0.3) is 11.3 Å². The van der Waals surface area contributed by atoms with Crippen LogP contribution in [0.4, 0.5) is 0 Å². The molecule has 3 unspecified atom stereocenters. The molecule has 3 N–H and O–H groups in total. The molecule has 0 spiro atoms. The lowest BCUT2D eigenvalue weighted by Gasteiger charge is -2.35. The van der Waals surface area contributed by atoms with E-state index in [-0.39, 0.29) is 56.2 Å². The minimum atomic E-state index is -0.914. The summed E-state index contributed by atoms with van der Waals surface area (Å²) in [5.41, 5.74) is 11.4. The van der Waals surface area contributed by atoms with Crippen LogP contribution in [0.1, 0.15) is 117 Å². The Balaban J connectivity index is 0.652. The molecule has 1 saturated heterocycles. The molecule has 4 aliphatic heterocycles. The van der Waals surface area contributed by atoms with Crippen LogP contribution in [0.5, 0.6) is 5.75 Å². The van der Waals surface area contributed by atoms with Gasteiger partial charge in [0.05, 0.1) is 57.9 Å². The van der Waals surface area contributed by atoms with E-state index in [4.69, 9.17) is 40.3 Å². The topological polar surface area (TPSA) is 221 Å². The quantitative estimate of drug-likeness (QED) is 0.0503. The molecule has 81 heavy (non-hydrogen) atoms. The summed E-state index contributed by atoms with van der Waals surface area (Å²) in [5, 5.41) is 26.3. The number of amides is 4. The van der Waals surface area contributed by atoms with Gasteiger partial charge < -0.3 is 49.2 Å². The number of nitrogens with one attached hydrogen (secondary N) is 2. The van der Waals surface area contributed by atoms with Gasteiger partial charge >= 0.3 is 0 Å². The van der Waals surface area contributed by atoms with Crippen molar-refractivity contribution in [1.82, 2.24) is 35.2 Å². The van der Waals surface area contributed by atoms with Crippen molar-refractivity contribution in [1.29, 1.82) is 0 Å². The molecule has 0 bridgehead atoms. The molecule has 0 saturated carbocycles. The van der Waals surface area contributed by atoms with Crippen molar-refractivity contribution < 1.29 is 48.0 Å². The molecule has 3 aromatic carbocycles. The zero-order chi connectivity index (χ0) is 57.2. The molecular weight excluding hydrogens is 1050 g/mol. The number of aromatic nitrogens is 3. The van der Waals surface area contributed by atoms with Crippen LogP contribution in [0.2, 0.25) is 5.02 Å². The number of halogens is 1. The Labute approximate surface area is 478 Å². The van der Waals surface area contributed by atoms with E-state index in [1.54, 1.807) is 11.0 Å². The highest BCUT2D eigenvalue weighted by Crippen LogP contribution is 2.42. The molecule has 20 heteroatoms. The maximum atomic E-state index is 14.3. The second kappa shape index (κ2) is 27.3. The summed E-state index contributed by atoms with van der Waals surface area (Å²) in [5.74, 6) is 0.611. The van der Waals surface area contributed by atoms with E-state index in [0.717, 1.165) is 68.3 Å². The van der Waals surface area contributed by atoms with Crippen molar-refractivity contribution in [3.63, 3.8) is 0 Å². The molecule has 19 nitrogen and oxygen atoms in total. The van der Waals surface area contributed by atoms with Gasteiger partial charge in [-0.1, -0.05) is 73.5 Å². The molecule has 1 aromatic heterocycles. The van der Waals surface area contributed by atoms with Gasteiger partial charge in [-0.2, -0.15) is 0 Å². The normalized spacial score (nSPS) is 18.9. The molecule has 0 radical (unpaired) electrons. The Bertz CT molecular complexity index is 3130. The van der Waals surface area contributed by atoms with Crippen LogP contribution in [0.3, 0.4) is 0 Å². The maximum absolute atomic E-state index is 14.3. The molecular formula is C61H74ClN9O10. The van der Waals surface area contributed by atoms with E-state index in [9.17, 15) is 24.3 Å². The number of aliphatic hydroxyl groups excluding tert-OH is 1. The van der Waals surface area contributed by atoms with Gasteiger partial charge in [0.25, 0.3) is 5.91 Å². The molecule has 430 valence electrons. The van der Waals surface area contributed by atoms with Gasteiger partial charge in [-0.15, -0.1) is 10.2 Å². The van der Waals surface area contributed by atoms with E-state index >= 15 is 0 Å². The van der Waals surface area contributed by atoms with Gasteiger partial charge in [0.15, 0.2) is 5.82 Å². The van der Waals surface area contributed by atoms with Gasteiger partial charge in [0.1, 0.15) is 36.3 Å². The van der Waals surface area contributed by atoms with Crippen LogP contribution in [-0.4, -0.2) is 156 Å². The summed E-state index contributed by atoms with van der Waals surface area (Å²) in [6.45, 7) is 16.1. The maximum Gasteiger partial charge on any atom is 0.255 e. The number of hydrogen-bond donors (Lipinski definition) is 3. The molecule has 5 heterocycles. The SMILES string of the molecule is CC1=C(C)C2=C(C1)n1c(C)nnc1C(CC(=O)NCCOCCOCCCOCCOCCOc1cc(C3=C(C)N=CC3)ccc1CNC(=O)C1CC(O)CN1C(=O)[C@H](C(C)C)N1Cc3ccccc3C1=O)N=C2c1ccc(Cl)cc1. The lowest BCUT2D eigenvalue weighted by molar-refractivity contribution is -0.143. The van der Waals surface area contributed by atoms with E-state index < -0.39 is 30.1 Å². The Kier molecular flexibility index (Phi) is 19.8. The number of hydrogen-bond acceptors (Lipinski definition) is 14. The average Bonchev–Trinajstić information content (AvgIpc) is 3.80. The van der Waals surface area contributed by atoms with Crippen LogP contribution in [0, 0.1) is 12.8 Å². The van der Waals surface area contributed by atoms with Crippen LogP contribution in [0.15, 0.2) is 99.1 Å². The third kappa shape index (κ3) is 13.9. The Morgan fingerprint density at radius 2 is 1.54 bits per heavy atom. The predicted molar refractivity (Wildman–Crippen MR) is 308 cm³/mol. The van der Waals surface area contributed by atoms with Gasteiger partial charge in [-0.05, 0) is 86.6 Å². The van der Waals surface area contributed by atoms with Crippen molar-refractivity contribution >= 4 is 58.4 Å². The highest BCUT2D eigenvalue weighted by molar-refractivity contribution is 6.31. The van der Waals surface area contributed by atoms with E-state index in [1.807, 2.05) is 94.6 Å². The summed E-state index contributed by atoms with van der Waals surface area (Å²) < 4.78 is 31.4. The second-order valence-electron chi connectivity index (χ2n) is 21.3. The summed E-state index contributed by atoms with van der Waals surface area (Å²) in [4.78, 5) is 67.6. The summed E-state index contributed by atoms with van der Waals surface area (Å²) in [6.07, 6.45) is 3.32. The first-order chi connectivity index (χ1) is 39.2. The minimum absolute atomic E-state index is 0.00383. The zero-order valence-electron chi connectivity index (χ0n) is 47.2. The highest BCUT2D eigenvalue weighted by atomic mass is 35.5. The van der Waals surface area contributed by atoms with Crippen molar-refractivity contribution in [2.24, 2.45) is 15.9 Å². The fourth-order valence-electron chi connectivity index (χ4n) is 11.1. The lowest BCUT2D eigenvalue weighted by Crippen LogP contribution is -2.55. The zero-order valence-corrected chi connectivity index (χ0v) is 47.9. The fourth-order valence-corrected chi connectivity index (χ4v) is 11.2. The number of carbonyl (C=O) groups excluding carboxylic acids is 4. The molecule has 4 amide bonds. The first kappa shape index (κ1) is 58.8. The number of β-amino-alcohol motifs (C(OH)–C–C–N with tert-alkyl or cyclic N) is 1. The third-order valence-corrected chi connectivity index (χ3v) is 15.6. The highest BCUT2D eigenvalue weighted by Gasteiger charge is 2.46. The number of fused-ring (bicyclic) bond motifs is 3. The number of ether oxygens (including phenoxy) is 5. The van der Waals surface area contributed by atoms with Crippen molar-refractivity contribution in [3.8, 4) is 5.75 Å². The number of allylic oxidation sites excluding steroid dienone is 6. The number of nitrogens with zero attached hydrogens (tertiary/aromatic N) is 7. The second-order valence-corrected chi connectivity index (χ2v) is 21.8. The Morgan fingerprint density at radius 1 is 0.840 bits per heavy atom. The largest absolute Gasteiger partial charge is 0.491 e. The standard InChI is InChI=1S/C61H74ClN9O10/c1-37(2)57(70-35-45-10-7-8-11-49(45)60(70)75)61(76)69-36-47(72)32-52(69)59(74)65-34-44-13-12-43(48-18-19-63-40(48)5)31-53(44)81-29-28-80-27-25-78-22-9-21-77-24-26-79-23-20-64-54(73)33-50-58-68-67-41(6)71(58)51-30-38(3)39(4)55(51)56(66-50)42-14-16-46(62)17-15-42/h7-8,10-17,19,31,37,47,50,52,57,72H,9,18,20-30,32-36H2,1-6H3,(H,64,73)(H,65,74)/t47?,50?,52?,57-/m0/s1. The molecule has 9 rings (SSSR count). The van der Waals surface area contributed by atoms with E-state index in [2.05, 4.69) is 44.2 Å². The summed E-state index contributed by atoms with van der Waals surface area (Å²) in [6, 6.07) is 18.6. The van der Waals surface area contributed by atoms with E-state index in [0.29, 0.717) is 101 Å². The van der Waals surface area contributed by atoms with E-state index in [1.165, 1.54) is 10.5 Å². The number of likely N-dealkylation sites (tertiary alicyclic amines) is 1. The monoisotopic (exact) mass is 1130 g/mol. The van der Waals surface area contributed by atoms with Crippen molar-refractivity contribution in [3.05, 3.63) is 134 Å². The number of aliphatic hydroxyl groups is 1. The molecule has 1 aliphatic carbocycles. The number of aliphatic imine (C=N–C) groups is 2. The van der Waals surface area contributed by atoms with Crippen LogP contribution < -0.4 is 15.4 Å². The molecule has 4 atom stereocenters. The number of carbonyl (C=O) groups is 4. The van der Waals surface area contributed by atoms with Crippen LogP contribution >= 0.6 is 11.6 Å². The van der Waals surface area contributed by atoms with Gasteiger partial charge in [-0.3, -0.25) is 33.7 Å². The Hall–Kier alpha value is -6.87. The smallest absolute Gasteiger partial charge is 0.255 e. The summed E-state index contributed by atoms with van der Waals surface area (Å²) >= 11 is 6.25. The van der Waals surface area contributed by atoms with Gasteiger partial charge in [0.2, 0.25) is 17.7 Å². The first-order valence-corrected chi connectivity index (χ1v) is 28.4. The summed E-state index contributed by atoms with van der Waals surface area (Å²) in [7, 11) is 0. The van der Waals surface area contributed by atoms with Gasteiger partial charge in [-0.25, -0.2) is 0 Å². The number of aryl methyl sites for hydroxylation is 1. The fraction of sp³-hybridized carbons (Fsp3) is 0.475. The van der Waals surface area contributed by atoms with Crippen LogP contribution in [-0.2, 0) is 46.4 Å². The number of rotatable bonds is 27.